The zero-order valence-electron chi connectivity index (χ0n) is 5.91. The van der Waals surface area contributed by atoms with Crippen LogP contribution < -0.4 is 15.5 Å². The van der Waals surface area contributed by atoms with Gasteiger partial charge in [-0.2, -0.15) is 0 Å². The van der Waals surface area contributed by atoms with E-state index in [1.807, 2.05) is 6.92 Å². The monoisotopic (exact) mass is 165 g/mol. The summed E-state index contributed by atoms with van der Waals surface area (Å²) in [5, 5.41) is 5.17. The van der Waals surface area contributed by atoms with E-state index in [4.69, 9.17) is 11.8 Å². The van der Waals surface area contributed by atoms with E-state index in [0.29, 0.717) is 19.6 Å². The van der Waals surface area contributed by atoms with Gasteiger partial charge in [-0.3, -0.25) is 0 Å². The highest BCUT2D eigenvalue weighted by atomic mass is 35.5. The van der Waals surface area contributed by atoms with Crippen molar-refractivity contribution in [3.63, 3.8) is 0 Å². The normalized spacial score (nSPS) is 9.00. The third kappa shape index (κ3) is 5.65. The fraction of sp³-hybridized carbons (Fsp3) is 0.800. The lowest BCUT2D eigenvalue weighted by Gasteiger charge is -2.03. The lowest BCUT2D eigenvalue weighted by molar-refractivity contribution is 0.241. The van der Waals surface area contributed by atoms with Gasteiger partial charge in [-0.05, 0) is 18.7 Å². The molecule has 0 aromatic rings. The quantitative estimate of drug-likeness (QED) is 0.407. The van der Waals surface area contributed by atoms with Crippen LogP contribution >= 0.6 is 11.8 Å². The van der Waals surface area contributed by atoms with Crippen LogP contribution in [0.1, 0.15) is 6.92 Å². The van der Waals surface area contributed by atoms with Crippen molar-refractivity contribution in [3.05, 3.63) is 0 Å². The number of carbonyl (C=O) groups excluding carboxylic acids is 1. The molecule has 0 aliphatic rings. The first kappa shape index (κ1) is 9.52. The lowest BCUT2D eigenvalue weighted by atomic mass is 10.6. The van der Waals surface area contributed by atoms with E-state index in [9.17, 15) is 4.79 Å². The summed E-state index contributed by atoms with van der Waals surface area (Å²) in [7, 11) is 0. The first-order valence-electron chi connectivity index (χ1n) is 3.16. The van der Waals surface area contributed by atoms with Crippen LogP contribution in [0.25, 0.3) is 0 Å². The van der Waals surface area contributed by atoms with Crippen LogP contribution in [0.15, 0.2) is 0 Å². The van der Waals surface area contributed by atoms with Gasteiger partial charge in [0.05, 0.1) is 0 Å². The molecule has 0 aliphatic heterocycles. The SMILES string of the molecule is CCNC(=O)NCCNCl. The standard InChI is InChI=1S/C5H12ClN3O/c1-2-7-5(10)8-3-4-9-6/h9H,2-4H2,1H3,(H2,7,8,10). The number of rotatable bonds is 4. The van der Waals surface area contributed by atoms with E-state index < -0.39 is 0 Å². The lowest BCUT2D eigenvalue weighted by Crippen LogP contribution is -2.37. The van der Waals surface area contributed by atoms with Crippen molar-refractivity contribution in [2.24, 2.45) is 0 Å². The summed E-state index contributed by atoms with van der Waals surface area (Å²) in [6.45, 7) is 3.60. The molecule has 10 heavy (non-hydrogen) atoms. The van der Waals surface area contributed by atoms with Crippen LogP contribution in [-0.4, -0.2) is 25.7 Å². The minimum atomic E-state index is -0.158. The first-order valence-corrected chi connectivity index (χ1v) is 3.54. The van der Waals surface area contributed by atoms with Crippen molar-refractivity contribution >= 4 is 17.8 Å². The van der Waals surface area contributed by atoms with Crippen molar-refractivity contribution in [2.45, 2.75) is 6.92 Å². The molecular weight excluding hydrogens is 154 g/mol. The van der Waals surface area contributed by atoms with E-state index in [0.717, 1.165) is 0 Å². The molecule has 0 aromatic heterocycles. The van der Waals surface area contributed by atoms with Crippen LogP contribution in [0, 0.1) is 0 Å². The summed E-state index contributed by atoms with van der Waals surface area (Å²) >= 11 is 5.14. The van der Waals surface area contributed by atoms with Crippen molar-refractivity contribution in [1.29, 1.82) is 0 Å². The molecule has 5 heteroatoms. The Labute approximate surface area is 65.4 Å². The maximum Gasteiger partial charge on any atom is 0.314 e. The number of amides is 2. The number of halogens is 1. The van der Waals surface area contributed by atoms with Gasteiger partial charge in [0.2, 0.25) is 0 Å². The van der Waals surface area contributed by atoms with E-state index >= 15 is 0 Å². The summed E-state index contributed by atoms with van der Waals surface area (Å²) < 4.78 is 0. The van der Waals surface area contributed by atoms with Crippen LogP contribution in [0.4, 0.5) is 4.79 Å². The van der Waals surface area contributed by atoms with Gasteiger partial charge in [0.25, 0.3) is 0 Å². The fourth-order valence-electron chi connectivity index (χ4n) is 0.446. The zero-order chi connectivity index (χ0) is 7.82. The predicted octanol–water partition coefficient (Wildman–Crippen LogP) is 0.0489. The molecule has 0 bridgehead atoms. The number of hydrogen-bond donors (Lipinski definition) is 3. The van der Waals surface area contributed by atoms with Crippen molar-refractivity contribution in [3.8, 4) is 0 Å². The van der Waals surface area contributed by atoms with E-state index in [-0.39, 0.29) is 6.03 Å². The summed E-state index contributed by atoms with van der Waals surface area (Å²) in [5.74, 6) is 0. The Morgan fingerprint density at radius 2 is 2.10 bits per heavy atom. The van der Waals surface area contributed by atoms with Gasteiger partial charge in [0.15, 0.2) is 0 Å². The number of hydrogen-bond acceptors (Lipinski definition) is 2. The van der Waals surface area contributed by atoms with E-state index in [1.165, 1.54) is 0 Å². The molecule has 0 saturated carbocycles. The fourth-order valence-corrected chi connectivity index (χ4v) is 0.541. The smallest absolute Gasteiger partial charge is 0.314 e. The largest absolute Gasteiger partial charge is 0.338 e. The summed E-state index contributed by atoms with van der Waals surface area (Å²) in [5.41, 5.74) is 0. The van der Waals surface area contributed by atoms with Gasteiger partial charge in [0.1, 0.15) is 0 Å². The third-order valence-electron chi connectivity index (χ3n) is 0.842. The van der Waals surface area contributed by atoms with Gasteiger partial charge >= 0.3 is 6.03 Å². The Hall–Kier alpha value is -0.480. The van der Waals surface area contributed by atoms with Gasteiger partial charge in [-0.1, -0.05) is 0 Å². The second-order valence-corrected chi connectivity index (χ2v) is 1.94. The second-order valence-electron chi connectivity index (χ2n) is 1.67. The molecule has 0 aromatic carbocycles. The van der Waals surface area contributed by atoms with Crippen molar-refractivity contribution < 1.29 is 4.79 Å². The molecule has 0 heterocycles. The number of urea groups is 1. The average Bonchev–Trinajstić information content (AvgIpc) is 1.89. The molecule has 0 fully saturated rings. The topological polar surface area (TPSA) is 53.2 Å². The molecule has 0 rings (SSSR count). The Morgan fingerprint density at radius 1 is 1.40 bits per heavy atom. The molecule has 0 atom stereocenters. The minimum Gasteiger partial charge on any atom is -0.338 e. The van der Waals surface area contributed by atoms with Crippen molar-refractivity contribution in [1.82, 2.24) is 15.5 Å². The molecule has 0 aliphatic carbocycles. The second kappa shape index (κ2) is 6.64. The minimum absolute atomic E-state index is 0.158. The summed E-state index contributed by atoms with van der Waals surface area (Å²) in [4.78, 5) is 13.0. The van der Waals surface area contributed by atoms with E-state index in [2.05, 4.69) is 15.5 Å². The highest BCUT2D eigenvalue weighted by molar-refractivity contribution is 6.13. The molecule has 0 spiro atoms. The van der Waals surface area contributed by atoms with Gasteiger partial charge in [-0.25, -0.2) is 9.63 Å². The Balaban J connectivity index is 3.05. The molecule has 4 nitrogen and oxygen atoms in total. The van der Waals surface area contributed by atoms with Crippen LogP contribution in [-0.2, 0) is 0 Å². The van der Waals surface area contributed by atoms with Gasteiger partial charge in [-0.15, -0.1) is 0 Å². The highest BCUT2D eigenvalue weighted by Crippen LogP contribution is 1.64. The van der Waals surface area contributed by atoms with Crippen molar-refractivity contribution in [2.75, 3.05) is 19.6 Å². The summed E-state index contributed by atoms with van der Waals surface area (Å²) in [6, 6.07) is -0.158. The molecule has 0 saturated heterocycles. The van der Waals surface area contributed by atoms with E-state index in [1.54, 1.807) is 0 Å². The zero-order valence-corrected chi connectivity index (χ0v) is 6.66. The Morgan fingerprint density at radius 3 is 2.60 bits per heavy atom. The molecule has 0 radical (unpaired) electrons. The molecule has 3 N–H and O–H groups in total. The predicted molar refractivity (Wildman–Crippen MR) is 40.9 cm³/mol. The first-order chi connectivity index (χ1) is 4.81. The maximum absolute atomic E-state index is 10.6. The van der Waals surface area contributed by atoms with Crippen LogP contribution in [0.3, 0.4) is 0 Å². The Bertz CT molecular complexity index is 98.9. The molecule has 2 amide bonds. The highest BCUT2D eigenvalue weighted by Gasteiger charge is 1.93. The molecular formula is C5H12ClN3O. The Kier molecular flexibility index (Phi) is 6.32. The number of carbonyl (C=O) groups is 1. The van der Waals surface area contributed by atoms with Gasteiger partial charge < -0.3 is 10.6 Å². The van der Waals surface area contributed by atoms with Crippen LogP contribution in [0.5, 0.6) is 0 Å². The third-order valence-corrected chi connectivity index (χ3v) is 1.03. The van der Waals surface area contributed by atoms with Crippen LogP contribution in [0.2, 0.25) is 0 Å². The maximum atomic E-state index is 10.6. The number of nitrogens with one attached hydrogen (secondary N) is 3. The molecule has 60 valence electrons. The molecule has 0 unspecified atom stereocenters. The summed E-state index contributed by atoms with van der Waals surface area (Å²) in [6.07, 6.45) is 0. The average molecular weight is 166 g/mol. The van der Waals surface area contributed by atoms with Gasteiger partial charge in [0, 0.05) is 19.6 Å².